The van der Waals surface area contributed by atoms with Crippen LogP contribution in [-0.2, 0) is 13.1 Å². The Kier molecular flexibility index (Phi) is 5.16. The van der Waals surface area contributed by atoms with Crippen molar-refractivity contribution in [1.29, 1.82) is 0 Å². The molecular weight excluding hydrogens is 366 g/mol. The SMILES string of the molecule is Cc1ccc(C(=O)N(Cc2cccn2Cc2ccccc2)C2CC2)cc1[N+](=O)[O-]. The predicted octanol–water partition coefficient (Wildman–Crippen LogP) is 4.56. The molecule has 0 saturated heterocycles. The maximum atomic E-state index is 13.2. The van der Waals surface area contributed by atoms with Crippen molar-refractivity contribution >= 4 is 11.6 Å². The number of benzene rings is 2. The Morgan fingerprint density at radius 1 is 1.14 bits per heavy atom. The van der Waals surface area contributed by atoms with Gasteiger partial charge in [0.15, 0.2) is 0 Å². The molecule has 29 heavy (non-hydrogen) atoms. The molecule has 1 aliphatic carbocycles. The maximum Gasteiger partial charge on any atom is 0.273 e. The zero-order valence-corrected chi connectivity index (χ0v) is 16.3. The molecule has 3 aromatic rings. The molecule has 1 fully saturated rings. The zero-order chi connectivity index (χ0) is 20.4. The van der Waals surface area contributed by atoms with Crippen LogP contribution in [0.3, 0.4) is 0 Å². The van der Waals surface area contributed by atoms with Crippen molar-refractivity contribution in [3.05, 3.63) is 99.4 Å². The first-order chi connectivity index (χ1) is 14.0. The van der Waals surface area contributed by atoms with Crippen molar-refractivity contribution < 1.29 is 9.72 Å². The molecule has 0 unspecified atom stereocenters. The van der Waals surface area contributed by atoms with Gasteiger partial charge in [0.05, 0.1) is 11.5 Å². The van der Waals surface area contributed by atoms with Crippen LogP contribution in [-0.4, -0.2) is 26.3 Å². The molecule has 1 aromatic heterocycles. The van der Waals surface area contributed by atoms with E-state index in [2.05, 4.69) is 16.7 Å². The number of hydrogen-bond donors (Lipinski definition) is 0. The number of amides is 1. The lowest BCUT2D eigenvalue weighted by molar-refractivity contribution is -0.385. The lowest BCUT2D eigenvalue weighted by Crippen LogP contribution is -2.33. The highest BCUT2D eigenvalue weighted by Gasteiger charge is 2.34. The number of rotatable bonds is 7. The summed E-state index contributed by atoms with van der Waals surface area (Å²) >= 11 is 0. The summed E-state index contributed by atoms with van der Waals surface area (Å²) in [4.78, 5) is 25.9. The first kappa shape index (κ1) is 18.9. The average Bonchev–Trinajstić information content (AvgIpc) is 3.47. The van der Waals surface area contributed by atoms with Gasteiger partial charge in [0.25, 0.3) is 11.6 Å². The van der Waals surface area contributed by atoms with E-state index in [-0.39, 0.29) is 17.6 Å². The number of nitrogens with zero attached hydrogens (tertiary/aromatic N) is 3. The molecule has 0 aliphatic heterocycles. The van der Waals surface area contributed by atoms with E-state index in [0.29, 0.717) is 17.7 Å². The first-order valence-electron chi connectivity index (χ1n) is 9.77. The highest BCUT2D eigenvalue weighted by atomic mass is 16.6. The molecule has 148 valence electrons. The maximum absolute atomic E-state index is 13.2. The summed E-state index contributed by atoms with van der Waals surface area (Å²) in [6.45, 7) is 2.92. The number of nitro groups is 1. The fourth-order valence-electron chi connectivity index (χ4n) is 3.56. The number of hydrogen-bond acceptors (Lipinski definition) is 3. The van der Waals surface area contributed by atoms with E-state index >= 15 is 0 Å². The van der Waals surface area contributed by atoms with Gasteiger partial charge in [-0.05, 0) is 43.5 Å². The summed E-state index contributed by atoms with van der Waals surface area (Å²) in [6.07, 6.45) is 3.97. The van der Waals surface area contributed by atoms with Gasteiger partial charge < -0.3 is 9.47 Å². The number of carbonyl (C=O) groups is 1. The highest BCUT2D eigenvalue weighted by molar-refractivity contribution is 5.95. The number of aryl methyl sites for hydroxylation is 1. The van der Waals surface area contributed by atoms with Crippen LogP contribution in [0.1, 0.15) is 40.0 Å². The fourth-order valence-corrected chi connectivity index (χ4v) is 3.56. The second-order valence-corrected chi connectivity index (χ2v) is 7.54. The molecule has 0 radical (unpaired) electrons. The number of carbonyl (C=O) groups excluding carboxylic acids is 1. The largest absolute Gasteiger partial charge is 0.345 e. The van der Waals surface area contributed by atoms with Gasteiger partial charge in [-0.2, -0.15) is 0 Å². The van der Waals surface area contributed by atoms with Gasteiger partial charge in [-0.25, -0.2) is 0 Å². The molecule has 6 heteroatoms. The van der Waals surface area contributed by atoms with Crippen LogP contribution in [0, 0.1) is 17.0 Å². The van der Waals surface area contributed by atoms with Crippen molar-refractivity contribution in [2.45, 2.75) is 38.9 Å². The molecule has 1 amide bonds. The first-order valence-corrected chi connectivity index (χ1v) is 9.77. The summed E-state index contributed by atoms with van der Waals surface area (Å²) < 4.78 is 2.15. The summed E-state index contributed by atoms with van der Waals surface area (Å²) in [5, 5.41) is 11.3. The van der Waals surface area contributed by atoms with E-state index in [4.69, 9.17) is 0 Å². The van der Waals surface area contributed by atoms with Gasteiger partial charge in [-0.15, -0.1) is 0 Å². The van der Waals surface area contributed by atoms with Gasteiger partial charge in [-0.1, -0.05) is 36.4 Å². The molecular formula is C23H23N3O3. The Morgan fingerprint density at radius 2 is 1.90 bits per heavy atom. The van der Waals surface area contributed by atoms with Gasteiger partial charge in [0.2, 0.25) is 0 Å². The van der Waals surface area contributed by atoms with Crippen LogP contribution in [0.25, 0.3) is 0 Å². The Labute approximate surface area is 169 Å². The van der Waals surface area contributed by atoms with Crippen LogP contribution < -0.4 is 0 Å². The van der Waals surface area contributed by atoms with Crippen molar-refractivity contribution in [3.63, 3.8) is 0 Å². The Hall–Kier alpha value is -3.41. The Bertz CT molecular complexity index is 1040. The topological polar surface area (TPSA) is 68.4 Å². The molecule has 1 saturated carbocycles. The minimum atomic E-state index is -0.432. The van der Waals surface area contributed by atoms with Crippen LogP contribution in [0.5, 0.6) is 0 Å². The molecule has 4 rings (SSSR count). The summed E-state index contributed by atoms with van der Waals surface area (Å²) in [7, 11) is 0. The quantitative estimate of drug-likeness (QED) is 0.439. The van der Waals surface area contributed by atoms with Gasteiger partial charge in [-0.3, -0.25) is 14.9 Å². The minimum absolute atomic E-state index is 0.0148. The van der Waals surface area contributed by atoms with E-state index in [1.54, 1.807) is 19.1 Å². The summed E-state index contributed by atoms with van der Waals surface area (Å²) in [5.41, 5.74) is 3.16. The molecule has 0 spiro atoms. The number of nitro benzene ring substituents is 1. The van der Waals surface area contributed by atoms with E-state index in [0.717, 1.165) is 25.1 Å². The van der Waals surface area contributed by atoms with Crippen molar-refractivity contribution in [2.75, 3.05) is 0 Å². The molecule has 6 nitrogen and oxygen atoms in total. The smallest absolute Gasteiger partial charge is 0.273 e. The van der Waals surface area contributed by atoms with Crippen molar-refractivity contribution in [3.8, 4) is 0 Å². The standard InChI is InChI=1S/C23H23N3O3/c1-17-9-10-19(14-22(17)26(28)29)23(27)25(20-11-12-20)16-21-8-5-13-24(21)15-18-6-3-2-4-7-18/h2-10,13-14,20H,11-12,15-16H2,1H3. The third-order valence-electron chi connectivity index (χ3n) is 5.35. The summed E-state index contributed by atoms with van der Waals surface area (Å²) in [5.74, 6) is -0.150. The molecule has 1 aliphatic rings. The van der Waals surface area contributed by atoms with Crippen LogP contribution >= 0.6 is 0 Å². The number of aromatic nitrogens is 1. The van der Waals surface area contributed by atoms with Crippen LogP contribution in [0.4, 0.5) is 5.69 Å². The molecule has 0 N–H and O–H groups in total. The van der Waals surface area contributed by atoms with E-state index < -0.39 is 4.92 Å². The fraction of sp³-hybridized carbons (Fsp3) is 0.261. The van der Waals surface area contributed by atoms with Gasteiger partial charge >= 0.3 is 0 Å². The Balaban J connectivity index is 1.57. The van der Waals surface area contributed by atoms with Gasteiger partial charge in [0, 0.05) is 41.7 Å². The van der Waals surface area contributed by atoms with E-state index in [9.17, 15) is 14.9 Å². The lowest BCUT2D eigenvalue weighted by Gasteiger charge is -2.23. The lowest BCUT2D eigenvalue weighted by atomic mass is 10.1. The van der Waals surface area contributed by atoms with Gasteiger partial charge in [0.1, 0.15) is 0 Å². The molecule has 2 aromatic carbocycles. The molecule has 0 atom stereocenters. The van der Waals surface area contributed by atoms with Crippen LogP contribution in [0.15, 0.2) is 66.9 Å². The van der Waals surface area contributed by atoms with E-state index in [1.807, 2.05) is 41.4 Å². The molecule has 0 bridgehead atoms. The third-order valence-corrected chi connectivity index (χ3v) is 5.35. The predicted molar refractivity (Wildman–Crippen MR) is 111 cm³/mol. The minimum Gasteiger partial charge on any atom is -0.345 e. The highest BCUT2D eigenvalue weighted by Crippen LogP contribution is 2.31. The monoisotopic (exact) mass is 389 g/mol. The van der Waals surface area contributed by atoms with Crippen molar-refractivity contribution in [1.82, 2.24) is 9.47 Å². The second-order valence-electron chi connectivity index (χ2n) is 7.54. The Morgan fingerprint density at radius 3 is 2.59 bits per heavy atom. The average molecular weight is 389 g/mol. The molecule has 1 heterocycles. The second kappa shape index (κ2) is 7.91. The van der Waals surface area contributed by atoms with Crippen LogP contribution in [0.2, 0.25) is 0 Å². The summed E-state index contributed by atoms with van der Waals surface area (Å²) in [6, 6.07) is 19.1. The van der Waals surface area contributed by atoms with Crippen molar-refractivity contribution in [2.24, 2.45) is 0 Å². The van der Waals surface area contributed by atoms with E-state index in [1.165, 1.54) is 11.6 Å². The third kappa shape index (κ3) is 4.21. The normalized spacial score (nSPS) is 13.3. The zero-order valence-electron chi connectivity index (χ0n) is 16.3.